The van der Waals surface area contributed by atoms with Gasteiger partial charge in [0.05, 0.1) is 11.8 Å². The number of hydrogen-bond acceptors (Lipinski definition) is 4. The fourth-order valence-electron chi connectivity index (χ4n) is 3.84. The van der Waals surface area contributed by atoms with E-state index in [0.29, 0.717) is 16.8 Å². The highest BCUT2D eigenvalue weighted by atomic mass is 16.3. The summed E-state index contributed by atoms with van der Waals surface area (Å²) in [6.07, 6.45) is 2.68. The van der Waals surface area contributed by atoms with Crippen molar-refractivity contribution in [3.8, 4) is 0 Å². The SMILES string of the molecule is Cc1cc(C)c(C2C(=O)CC(=Cc3ncccc3C(C)O)C2=O)c(C)c1. The van der Waals surface area contributed by atoms with E-state index in [1.807, 2.05) is 32.9 Å². The van der Waals surface area contributed by atoms with Crippen molar-refractivity contribution in [1.82, 2.24) is 4.98 Å². The Bertz CT molecular complexity index is 902. The molecule has 0 radical (unpaired) electrons. The van der Waals surface area contributed by atoms with Gasteiger partial charge in [-0.25, -0.2) is 0 Å². The van der Waals surface area contributed by atoms with Crippen molar-refractivity contribution in [2.24, 2.45) is 0 Å². The zero-order chi connectivity index (χ0) is 19.0. The van der Waals surface area contributed by atoms with Crippen LogP contribution in [0, 0.1) is 20.8 Å². The van der Waals surface area contributed by atoms with Gasteiger partial charge in [-0.3, -0.25) is 14.6 Å². The van der Waals surface area contributed by atoms with E-state index in [4.69, 9.17) is 0 Å². The van der Waals surface area contributed by atoms with Crippen LogP contribution in [-0.4, -0.2) is 21.7 Å². The normalized spacial score (nSPS) is 20.0. The molecule has 1 aromatic carbocycles. The number of pyridine rings is 1. The number of rotatable bonds is 3. The Kier molecular flexibility index (Phi) is 4.88. The molecule has 4 heteroatoms. The van der Waals surface area contributed by atoms with Crippen molar-refractivity contribution in [2.45, 2.75) is 46.1 Å². The average Bonchev–Trinajstić information content (AvgIpc) is 2.82. The van der Waals surface area contributed by atoms with E-state index in [1.54, 1.807) is 31.3 Å². The monoisotopic (exact) mass is 349 g/mol. The van der Waals surface area contributed by atoms with Crippen molar-refractivity contribution in [3.05, 3.63) is 69.5 Å². The van der Waals surface area contributed by atoms with Crippen LogP contribution in [0.4, 0.5) is 0 Å². The molecule has 134 valence electrons. The smallest absolute Gasteiger partial charge is 0.174 e. The first-order valence-electron chi connectivity index (χ1n) is 8.77. The third-order valence-electron chi connectivity index (χ3n) is 4.92. The molecule has 1 fully saturated rings. The number of nitrogens with zero attached hydrogens (tertiary/aromatic N) is 1. The molecular formula is C22H23NO3. The molecule has 2 atom stereocenters. The molecule has 4 nitrogen and oxygen atoms in total. The third kappa shape index (κ3) is 3.25. The minimum Gasteiger partial charge on any atom is -0.389 e. The molecule has 0 saturated heterocycles. The molecule has 1 heterocycles. The molecule has 1 aliphatic rings. The van der Waals surface area contributed by atoms with Crippen LogP contribution in [0.15, 0.2) is 36.0 Å². The number of carbonyl (C=O) groups excluding carboxylic acids is 2. The van der Waals surface area contributed by atoms with Gasteiger partial charge in [0.25, 0.3) is 0 Å². The Morgan fingerprint density at radius 1 is 1.19 bits per heavy atom. The minimum absolute atomic E-state index is 0.0779. The lowest BCUT2D eigenvalue weighted by molar-refractivity contribution is -0.123. The second-order valence-corrected chi connectivity index (χ2v) is 7.08. The molecule has 1 N–H and O–H groups in total. The molecular weight excluding hydrogens is 326 g/mol. The second-order valence-electron chi connectivity index (χ2n) is 7.08. The lowest BCUT2D eigenvalue weighted by atomic mass is 9.87. The van der Waals surface area contributed by atoms with Gasteiger partial charge in [-0.1, -0.05) is 23.8 Å². The number of aromatic nitrogens is 1. The van der Waals surface area contributed by atoms with Crippen molar-refractivity contribution in [3.63, 3.8) is 0 Å². The molecule has 1 aliphatic carbocycles. The standard InChI is InChI=1S/C22H23NO3/c1-12-8-13(2)20(14(3)9-12)21-19(25)11-16(22(21)26)10-18-17(15(4)24)6-5-7-23-18/h5-10,15,21,24H,11H2,1-4H3. The molecule has 2 aromatic rings. The number of hydrogen-bond donors (Lipinski definition) is 1. The van der Waals surface area contributed by atoms with E-state index in [1.165, 1.54) is 0 Å². The molecule has 1 aromatic heterocycles. The number of aryl methyl sites for hydroxylation is 3. The first-order chi connectivity index (χ1) is 12.3. The van der Waals surface area contributed by atoms with Gasteiger partial charge in [0.15, 0.2) is 11.6 Å². The first kappa shape index (κ1) is 18.2. The summed E-state index contributed by atoms with van der Waals surface area (Å²) in [4.78, 5) is 29.9. The zero-order valence-electron chi connectivity index (χ0n) is 15.5. The van der Waals surface area contributed by atoms with E-state index in [9.17, 15) is 14.7 Å². The molecule has 0 bridgehead atoms. The van der Waals surface area contributed by atoms with Crippen LogP contribution in [0.3, 0.4) is 0 Å². The summed E-state index contributed by atoms with van der Waals surface area (Å²) >= 11 is 0. The average molecular weight is 349 g/mol. The van der Waals surface area contributed by atoms with Gasteiger partial charge in [0.1, 0.15) is 5.92 Å². The largest absolute Gasteiger partial charge is 0.389 e. The van der Waals surface area contributed by atoms with Gasteiger partial charge in [-0.05, 0) is 56.5 Å². The summed E-state index contributed by atoms with van der Waals surface area (Å²) in [6.45, 7) is 7.55. The highest BCUT2D eigenvalue weighted by Crippen LogP contribution is 2.37. The highest BCUT2D eigenvalue weighted by Gasteiger charge is 2.39. The third-order valence-corrected chi connectivity index (χ3v) is 4.92. The van der Waals surface area contributed by atoms with Crippen LogP contribution < -0.4 is 0 Å². The van der Waals surface area contributed by atoms with Crippen LogP contribution >= 0.6 is 0 Å². The Hall–Kier alpha value is -2.59. The van der Waals surface area contributed by atoms with Crippen LogP contribution in [0.1, 0.15) is 58.9 Å². The van der Waals surface area contributed by atoms with Gasteiger partial charge in [0.2, 0.25) is 0 Å². The Labute approximate surface area is 153 Å². The quantitative estimate of drug-likeness (QED) is 0.676. The summed E-state index contributed by atoms with van der Waals surface area (Å²) in [5.74, 6) is -0.973. The molecule has 0 amide bonds. The zero-order valence-corrected chi connectivity index (χ0v) is 15.5. The second kappa shape index (κ2) is 6.96. The summed E-state index contributed by atoms with van der Waals surface area (Å²) in [6, 6.07) is 7.54. The van der Waals surface area contributed by atoms with Crippen molar-refractivity contribution >= 4 is 17.6 Å². The topological polar surface area (TPSA) is 67.3 Å². The van der Waals surface area contributed by atoms with Gasteiger partial charge >= 0.3 is 0 Å². The maximum absolute atomic E-state index is 13.0. The number of carbonyl (C=O) groups is 2. The number of allylic oxidation sites excluding steroid dienone is 1. The van der Waals surface area contributed by atoms with E-state index in [-0.39, 0.29) is 18.0 Å². The number of aliphatic hydroxyl groups is 1. The van der Waals surface area contributed by atoms with Gasteiger partial charge < -0.3 is 5.11 Å². The lowest BCUT2D eigenvalue weighted by Crippen LogP contribution is -2.15. The van der Waals surface area contributed by atoms with Gasteiger partial charge in [-0.2, -0.15) is 0 Å². The number of ketones is 2. The minimum atomic E-state index is -0.736. The summed E-state index contributed by atoms with van der Waals surface area (Å²) in [5, 5.41) is 9.90. The Balaban J connectivity index is 2.04. The predicted octanol–water partition coefficient (Wildman–Crippen LogP) is 3.77. The number of aliphatic hydroxyl groups excluding tert-OH is 1. The maximum Gasteiger partial charge on any atom is 0.174 e. The first-order valence-corrected chi connectivity index (χ1v) is 8.77. The Morgan fingerprint density at radius 2 is 1.85 bits per heavy atom. The molecule has 0 spiro atoms. The van der Waals surface area contributed by atoms with Crippen molar-refractivity contribution in [1.29, 1.82) is 0 Å². The van der Waals surface area contributed by atoms with E-state index < -0.39 is 12.0 Å². The maximum atomic E-state index is 13.0. The van der Waals surface area contributed by atoms with Crippen LogP contribution in [-0.2, 0) is 9.59 Å². The fraction of sp³-hybridized carbons (Fsp3) is 0.318. The van der Waals surface area contributed by atoms with Crippen LogP contribution in [0.2, 0.25) is 0 Å². The molecule has 3 rings (SSSR count). The number of benzene rings is 1. The molecule has 1 saturated carbocycles. The highest BCUT2D eigenvalue weighted by molar-refractivity contribution is 6.24. The lowest BCUT2D eigenvalue weighted by Gasteiger charge is -2.15. The molecule has 26 heavy (non-hydrogen) atoms. The van der Waals surface area contributed by atoms with Crippen LogP contribution in [0.5, 0.6) is 0 Å². The summed E-state index contributed by atoms with van der Waals surface area (Å²) in [7, 11) is 0. The van der Waals surface area contributed by atoms with E-state index in [0.717, 1.165) is 22.3 Å². The van der Waals surface area contributed by atoms with Crippen molar-refractivity contribution in [2.75, 3.05) is 0 Å². The van der Waals surface area contributed by atoms with E-state index in [2.05, 4.69) is 4.98 Å². The van der Waals surface area contributed by atoms with Gasteiger partial charge in [0, 0.05) is 23.8 Å². The summed E-state index contributed by atoms with van der Waals surface area (Å²) in [5.41, 5.74) is 5.53. The van der Waals surface area contributed by atoms with E-state index >= 15 is 0 Å². The molecule has 0 aliphatic heterocycles. The summed E-state index contributed by atoms with van der Waals surface area (Å²) < 4.78 is 0. The van der Waals surface area contributed by atoms with Crippen molar-refractivity contribution < 1.29 is 14.7 Å². The number of Topliss-reactive ketones (excluding diaryl/α,β-unsaturated/α-hetero) is 2. The predicted molar refractivity (Wildman–Crippen MR) is 101 cm³/mol. The van der Waals surface area contributed by atoms with Gasteiger partial charge in [-0.15, -0.1) is 0 Å². The fourth-order valence-corrected chi connectivity index (χ4v) is 3.84. The van der Waals surface area contributed by atoms with Crippen LogP contribution in [0.25, 0.3) is 6.08 Å². The Morgan fingerprint density at radius 3 is 2.46 bits per heavy atom. The molecule has 2 unspecified atom stereocenters.